The molecule has 1 aliphatic carbocycles. The van der Waals surface area contributed by atoms with Crippen molar-refractivity contribution in [3.63, 3.8) is 0 Å². The summed E-state index contributed by atoms with van der Waals surface area (Å²) < 4.78 is 6.36. The van der Waals surface area contributed by atoms with Crippen molar-refractivity contribution >= 4 is 11.9 Å². The van der Waals surface area contributed by atoms with Crippen LogP contribution in [-0.4, -0.2) is 45.9 Å². The fraction of sp³-hybridized carbons (Fsp3) is 0.375. The number of methoxy groups -OCH3 is 1. The second kappa shape index (κ2) is 9.01. The van der Waals surface area contributed by atoms with E-state index in [1.54, 1.807) is 19.4 Å². The number of fused-ring (bicyclic) bond motifs is 3. The fourth-order valence-corrected chi connectivity index (χ4v) is 4.31. The Kier molecular flexibility index (Phi) is 5.77. The molecule has 9 nitrogen and oxygen atoms in total. The van der Waals surface area contributed by atoms with E-state index in [-0.39, 0.29) is 18.0 Å². The number of anilines is 1. The largest absolute Gasteiger partial charge is 0.497 e. The molecule has 3 heterocycles. The molecule has 5 rings (SSSR count). The van der Waals surface area contributed by atoms with Crippen molar-refractivity contribution in [3.8, 4) is 17.0 Å². The van der Waals surface area contributed by atoms with Crippen molar-refractivity contribution < 1.29 is 9.53 Å². The standard InChI is InChI=1S/C24H26N6O3/c1-33-18-7-4-16(5-8-18)13-25-21(31)15-30-22(32)12-17-6-9-20-19(23(17)28-30)14-26-24(27-20)29-10-2-3-11-29/h4-5,7-8,12,14H,2-3,6,9-11,13,15H2,1H3,(H,25,31). The number of nitrogens with one attached hydrogen (secondary N) is 1. The normalized spacial score (nSPS) is 14.5. The van der Waals surface area contributed by atoms with E-state index >= 15 is 0 Å². The molecule has 1 N–H and O–H groups in total. The molecule has 1 aromatic carbocycles. The predicted molar refractivity (Wildman–Crippen MR) is 123 cm³/mol. The van der Waals surface area contributed by atoms with Gasteiger partial charge in [0.15, 0.2) is 0 Å². The average Bonchev–Trinajstić information content (AvgIpc) is 3.38. The van der Waals surface area contributed by atoms with E-state index < -0.39 is 0 Å². The summed E-state index contributed by atoms with van der Waals surface area (Å²) in [4.78, 5) is 36.6. The number of rotatable bonds is 6. The van der Waals surface area contributed by atoms with Crippen molar-refractivity contribution in [2.24, 2.45) is 0 Å². The lowest BCUT2D eigenvalue weighted by Gasteiger charge is -2.21. The minimum absolute atomic E-state index is 0.148. The van der Waals surface area contributed by atoms with Crippen LogP contribution in [0.4, 0.5) is 5.95 Å². The summed E-state index contributed by atoms with van der Waals surface area (Å²) in [5.41, 5.74) is 4.00. The van der Waals surface area contributed by atoms with Crippen molar-refractivity contribution in [3.05, 3.63) is 63.7 Å². The molecule has 33 heavy (non-hydrogen) atoms. The van der Waals surface area contributed by atoms with Crippen LogP contribution in [0.1, 0.15) is 29.7 Å². The first-order valence-electron chi connectivity index (χ1n) is 11.2. The monoisotopic (exact) mass is 446 g/mol. The molecule has 0 spiro atoms. The SMILES string of the molecule is COc1ccc(CNC(=O)Cn2nc3c(cc2=O)CCc2nc(N4CCCC4)ncc2-3)cc1. The maximum absolute atomic E-state index is 12.6. The van der Waals surface area contributed by atoms with Crippen molar-refractivity contribution in [2.75, 3.05) is 25.1 Å². The van der Waals surface area contributed by atoms with Crippen LogP contribution in [0.5, 0.6) is 5.75 Å². The topological polar surface area (TPSA) is 102 Å². The number of hydrogen-bond acceptors (Lipinski definition) is 7. The zero-order valence-corrected chi connectivity index (χ0v) is 18.6. The van der Waals surface area contributed by atoms with E-state index in [2.05, 4.69) is 20.3 Å². The van der Waals surface area contributed by atoms with Gasteiger partial charge in [-0.2, -0.15) is 5.10 Å². The molecule has 170 valence electrons. The van der Waals surface area contributed by atoms with Gasteiger partial charge in [-0.1, -0.05) is 12.1 Å². The van der Waals surface area contributed by atoms with Gasteiger partial charge in [-0.3, -0.25) is 9.59 Å². The second-order valence-corrected chi connectivity index (χ2v) is 8.36. The van der Waals surface area contributed by atoms with Crippen LogP contribution in [0.15, 0.2) is 41.3 Å². The van der Waals surface area contributed by atoms with Gasteiger partial charge in [-0.15, -0.1) is 0 Å². The van der Waals surface area contributed by atoms with Crippen molar-refractivity contribution in [1.29, 1.82) is 0 Å². The summed E-state index contributed by atoms with van der Waals surface area (Å²) in [5.74, 6) is 1.24. The lowest BCUT2D eigenvalue weighted by molar-refractivity contribution is -0.122. The molecule has 2 aromatic heterocycles. The number of carbonyl (C=O) groups excluding carboxylic acids is 1. The maximum atomic E-state index is 12.6. The summed E-state index contributed by atoms with van der Waals surface area (Å²) >= 11 is 0. The zero-order chi connectivity index (χ0) is 22.8. The Morgan fingerprint density at radius 1 is 1.15 bits per heavy atom. The van der Waals surface area contributed by atoms with E-state index in [4.69, 9.17) is 9.72 Å². The first-order chi connectivity index (χ1) is 16.1. The van der Waals surface area contributed by atoms with E-state index in [1.165, 1.54) is 4.68 Å². The third-order valence-corrected chi connectivity index (χ3v) is 6.15. The number of hydrogen-bond donors (Lipinski definition) is 1. The highest BCUT2D eigenvalue weighted by atomic mass is 16.5. The number of aryl methyl sites for hydroxylation is 2. The number of aromatic nitrogens is 4. The molecule has 1 fully saturated rings. The Morgan fingerprint density at radius 3 is 2.70 bits per heavy atom. The zero-order valence-electron chi connectivity index (χ0n) is 18.6. The van der Waals surface area contributed by atoms with Crippen molar-refractivity contribution in [2.45, 2.75) is 38.8 Å². The molecule has 3 aromatic rings. The van der Waals surface area contributed by atoms with E-state index in [0.717, 1.165) is 66.4 Å². The number of amides is 1. The van der Waals surface area contributed by atoms with Gasteiger partial charge in [0.05, 0.1) is 18.5 Å². The highest BCUT2D eigenvalue weighted by molar-refractivity contribution is 5.75. The quantitative estimate of drug-likeness (QED) is 0.615. The number of carbonyl (C=O) groups is 1. The lowest BCUT2D eigenvalue weighted by atomic mass is 9.94. The van der Waals surface area contributed by atoms with Gasteiger partial charge in [0, 0.05) is 37.5 Å². The predicted octanol–water partition coefficient (Wildman–Crippen LogP) is 1.72. The Bertz CT molecular complexity index is 1230. The molecule has 9 heteroatoms. The van der Waals surface area contributed by atoms with Gasteiger partial charge in [0.25, 0.3) is 5.56 Å². The van der Waals surface area contributed by atoms with Gasteiger partial charge in [0.2, 0.25) is 11.9 Å². The minimum Gasteiger partial charge on any atom is -0.497 e. The first kappa shape index (κ1) is 21.1. The Morgan fingerprint density at radius 2 is 1.94 bits per heavy atom. The Hall–Kier alpha value is -3.75. The van der Waals surface area contributed by atoms with Gasteiger partial charge in [-0.25, -0.2) is 14.6 Å². The number of benzene rings is 1. The van der Waals surface area contributed by atoms with E-state index in [0.29, 0.717) is 18.7 Å². The minimum atomic E-state index is -0.286. The molecular weight excluding hydrogens is 420 g/mol. The lowest BCUT2D eigenvalue weighted by Crippen LogP contribution is -2.34. The van der Waals surface area contributed by atoms with E-state index in [1.807, 2.05) is 24.3 Å². The molecule has 1 aliphatic heterocycles. The molecule has 2 aliphatic rings. The summed E-state index contributed by atoms with van der Waals surface area (Å²) in [6.07, 6.45) is 5.58. The smallest absolute Gasteiger partial charge is 0.267 e. The summed E-state index contributed by atoms with van der Waals surface area (Å²) in [6, 6.07) is 9.03. The summed E-state index contributed by atoms with van der Waals surface area (Å²) in [6.45, 7) is 2.18. The molecule has 0 atom stereocenters. The van der Waals surface area contributed by atoms with Crippen LogP contribution < -0.4 is 20.5 Å². The molecular formula is C24H26N6O3. The molecule has 0 unspecified atom stereocenters. The second-order valence-electron chi connectivity index (χ2n) is 8.36. The molecule has 1 saturated heterocycles. The maximum Gasteiger partial charge on any atom is 0.267 e. The van der Waals surface area contributed by atoms with Crippen LogP contribution in [-0.2, 0) is 30.7 Å². The third kappa shape index (κ3) is 4.44. The van der Waals surface area contributed by atoms with Gasteiger partial charge in [0.1, 0.15) is 12.3 Å². The average molecular weight is 447 g/mol. The molecule has 1 amide bonds. The molecule has 0 saturated carbocycles. The fourth-order valence-electron chi connectivity index (χ4n) is 4.31. The molecule has 0 bridgehead atoms. The number of ether oxygens (including phenoxy) is 1. The van der Waals surface area contributed by atoms with Gasteiger partial charge < -0.3 is 15.0 Å². The van der Waals surface area contributed by atoms with Gasteiger partial charge >= 0.3 is 0 Å². The van der Waals surface area contributed by atoms with Crippen molar-refractivity contribution in [1.82, 2.24) is 25.1 Å². The van der Waals surface area contributed by atoms with Crippen LogP contribution >= 0.6 is 0 Å². The van der Waals surface area contributed by atoms with Gasteiger partial charge in [-0.05, 0) is 48.9 Å². The van der Waals surface area contributed by atoms with E-state index in [9.17, 15) is 9.59 Å². The highest BCUT2D eigenvalue weighted by Crippen LogP contribution is 2.30. The van der Waals surface area contributed by atoms with Crippen LogP contribution in [0.3, 0.4) is 0 Å². The first-order valence-corrected chi connectivity index (χ1v) is 11.2. The highest BCUT2D eigenvalue weighted by Gasteiger charge is 2.24. The Balaban J connectivity index is 1.32. The Labute approximate surface area is 191 Å². The molecule has 0 radical (unpaired) electrons. The summed E-state index contributed by atoms with van der Waals surface area (Å²) in [7, 11) is 1.61. The number of nitrogens with zero attached hydrogens (tertiary/aromatic N) is 5. The van der Waals surface area contributed by atoms with Crippen LogP contribution in [0, 0.1) is 0 Å². The summed E-state index contributed by atoms with van der Waals surface area (Å²) in [5, 5.41) is 7.37. The third-order valence-electron chi connectivity index (χ3n) is 6.15. The van der Waals surface area contributed by atoms with Crippen LogP contribution in [0.25, 0.3) is 11.3 Å². The van der Waals surface area contributed by atoms with Crippen LogP contribution in [0.2, 0.25) is 0 Å².